The summed E-state index contributed by atoms with van der Waals surface area (Å²) >= 11 is 4.01. The average Bonchev–Trinajstić information content (AvgIpc) is 3.45. The molecule has 25 heavy (non-hydrogen) atoms. The zero-order valence-electron chi connectivity index (χ0n) is 15.1. The van der Waals surface area contributed by atoms with Crippen LogP contribution in [0.2, 0.25) is 0 Å². The minimum Gasteiger partial charge on any atom is -0.465 e. The van der Waals surface area contributed by atoms with Crippen molar-refractivity contribution in [1.29, 1.82) is 0 Å². The Morgan fingerprint density at radius 1 is 0.880 bits per heavy atom. The molecule has 4 rings (SSSR count). The highest BCUT2D eigenvalue weighted by molar-refractivity contribution is 8.08. The van der Waals surface area contributed by atoms with Gasteiger partial charge in [-0.05, 0) is 52.4 Å². The Morgan fingerprint density at radius 3 is 1.72 bits per heavy atom. The molecule has 6 unspecified atom stereocenters. The van der Waals surface area contributed by atoms with Gasteiger partial charge in [-0.2, -0.15) is 0 Å². The molecule has 0 bridgehead atoms. The third-order valence-electron chi connectivity index (χ3n) is 6.49. The molecule has 2 aliphatic heterocycles. The van der Waals surface area contributed by atoms with Crippen LogP contribution in [0.3, 0.4) is 0 Å². The van der Waals surface area contributed by atoms with Crippen LogP contribution >= 0.6 is 23.5 Å². The fraction of sp³-hybridized carbons (Fsp3) is 0.895. The van der Waals surface area contributed by atoms with Crippen molar-refractivity contribution in [2.45, 2.75) is 78.8 Å². The SMILES string of the molecule is CC12CCC(C(=O)OCCCOC(=O)C3CCC4(C)SC4C3)CC1S2. The van der Waals surface area contributed by atoms with E-state index < -0.39 is 0 Å². The molecule has 0 aromatic carbocycles. The lowest BCUT2D eigenvalue weighted by molar-refractivity contribution is -0.152. The second kappa shape index (κ2) is 6.66. The molecule has 4 aliphatic rings. The van der Waals surface area contributed by atoms with Crippen molar-refractivity contribution in [2.75, 3.05) is 13.2 Å². The van der Waals surface area contributed by atoms with Crippen LogP contribution < -0.4 is 0 Å². The van der Waals surface area contributed by atoms with E-state index in [1.54, 1.807) is 0 Å². The highest BCUT2D eigenvalue weighted by atomic mass is 32.2. The summed E-state index contributed by atoms with van der Waals surface area (Å²) in [6.07, 6.45) is 6.69. The number of rotatable bonds is 6. The Kier molecular flexibility index (Phi) is 4.80. The van der Waals surface area contributed by atoms with Crippen LogP contribution in [0.5, 0.6) is 0 Å². The van der Waals surface area contributed by atoms with Crippen molar-refractivity contribution in [2.24, 2.45) is 11.8 Å². The molecule has 2 saturated carbocycles. The van der Waals surface area contributed by atoms with E-state index in [1.807, 2.05) is 23.5 Å². The van der Waals surface area contributed by atoms with Crippen LogP contribution in [-0.4, -0.2) is 45.1 Å². The maximum absolute atomic E-state index is 12.1. The summed E-state index contributed by atoms with van der Waals surface area (Å²) in [5.41, 5.74) is 0. The van der Waals surface area contributed by atoms with Gasteiger partial charge in [-0.1, -0.05) is 0 Å². The molecule has 6 atom stereocenters. The first-order valence-corrected chi connectivity index (χ1v) is 11.3. The first-order chi connectivity index (χ1) is 11.9. The van der Waals surface area contributed by atoms with Gasteiger partial charge in [0.05, 0.1) is 25.0 Å². The van der Waals surface area contributed by atoms with E-state index in [2.05, 4.69) is 13.8 Å². The third kappa shape index (κ3) is 3.85. The van der Waals surface area contributed by atoms with E-state index >= 15 is 0 Å². The largest absolute Gasteiger partial charge is 0.465 e. The van der Waals surface area contributed by atoms with Crippen molar-refractivity contribution in [3.05, 3.63) is 0 Å². The van der Waals surface area contributed by atoms with Gasteiger partial charge in [0, 0.05) is 26.4 Å². The molecule has 4 fully saturated rings. The van der Waals surface area contributed by atoms with E-state index in [-0.39, 0.29) is 23.8 Å². The smallest absolute Gasteiger partial charge is 0.308 e. The lowest BCUT2D eigenvalue weighted by atomic mass is 9.83. The summed E-state index contributed by atoms with van der Waals surface area (Å²) in [7, 11) is 0. The number of hydrogen-bond acceptors (Lipinski definition) is 6. The fourth-order valence-corrected chi connectivity index (χ4v) is 7.08. The van der Waals surface area contributed by atoms with Crippen molar-refractivity contribution in [1.82, 2.24) is 0 Å². The zero-order chi connectivity index (χ0) is 17.7. The highest BCUT2D eigenvalue weighted by Gasteiger charge is 2.56. The van der Waals surface area contributed by atoms with Crippen molar-refractivity contribution < 1.29 is 19.1 Å². The molecule has 2 heterocycles. The lowest BCUT2D eigenvalue weighted by Crippen LogP contribution is -2.29. The highest BCUT2D eigenvalue weighted by Crippen LogP contribution is 2.63. The standard InChI is InChI=1S/C19H28O4S2/c1-18-6-4-12(10-14(18)24-18)16(20)22-8-3-9-23-17(21)13-5-7-19(2)15(11-13)25-19/h12-15H,3-11H2,1-2H3. The van der Waals surface area contributed by atoms with E-state index in [0.29, 0.717) is 39.6 Å². The predicted molar refractivity (Wildman–Crippen MR) is 101 cm³/mol. The third-order valence-corrected chi connectivity index (χ3v) is 10.0. The average molecular weight is 385 g/mol. The van der Waals surface area contributed by atoms with Gasteiger partial charge < -0.3 is 9.47 Å². The Bertz CT molecular complexity index is 520. The lowest BCUT2D eigenvalue weighted by Gasteiger charge is -2.23. The van der Waals surface area contributed by atoms with Crippen LogP contribution in [0.25, 0.3) is 0 Å². The Morgan fingerprint density at radius 2 is 1.32 bits per heavy atom. The second-order valence-electron chi connectivity index (χ2n) is 8.47. The molecule has 0 N–H and O–H groups in total. The molecule has 2 aliphatic carbocycles. The van der Waals surface area contributed by atoms with E-state index in [1.165, 1.54) is 0 Å². The summed E-state index contributed by atoms with van der Waals surface area (Å²) in [6, 6.07) is 0. The fourth-order valence-electron chi connectivity index (χ4n) is 4.36. The van der Waals surface area contributed by atoms with Crippen LogP contribution in [0.15, 0.2) is 0 Å². The van der Waals surface area contributed by atoms with Gasteiger partial charge in [-0.3, -0.25) is 9.59 Å². The van der Waals surface area contributed by atoms with Gasteiger partial charge >= 0.3 is 11.9 Å². The molecular formula is C19H28O4S2. The van der Waals surface area contributed by atoms with Crippen molar-refractivity contribution >= 4 is 35.5 Å². The maximum Gasteiger partial charge on any atom is 0.308 e. The predicted octanol–water partition coefficient (Wildman–Crippen LogP) is 3.81. The summed E-state index contributed by atoms with van der Waals surface area (Å²) in [5.74, 6) is 0.0304. The van der Waals surface area contributed by atoms with Crippen molar-refractivity contribution in [3.8, 4) is 0 Å². The molecule has 4 nitrogen and oxygen atoms in total. The van der Waals surface area contributed by atoms with Gasteiger partial charge in [0.25, 0.3) is 0 Å². The van der Waals surface area contributed by atoms with Crippen LogP contribution in [-0.2, 0) is 19.1 Å². The molecule has 0 aromatic rings. The molecule has 6 heteroatoms. The molecule has 140 valence electrons. The molecule has 2 saturated heterocycles. The van der Waals surface area contributed by atoms with Gasteiger partial charge in [0.1, 0.15) is 0 Å². The normalized spacial score (nSPS) is 44.2. The number of esters is 2. The Balaban J connectivity index is 1.08. The van der Waals surface area contributed by atoms with E-state index in [0.717, 1.165) is 38.5 Å². The van der Waals surface area contributed by atoms with E-state index in [4.69, 9.17) is 9.47 Å². The summed E-state index contributed by atoms with van der Waals surface area (Å²) in [4.78, 5) is 24.3. The number of thioether (sulfide) groups is 2. The maximum atomic E-state index is 12.1. The minimum atomic E-state index is -0.0572. The van der Waals surface area contributed by atoms with Gasteiger partial charge in [-0.15, -0.1) is 23.5 Å². The van der Waals surface area contributed by atoms with Gasteiger partial charge in [-0.25, -0.2) is 0 Å². The Hall–Kier alpha value is -0.360. The van der Waals surface area contributed by atoms with Gasteiger partial charge in [0.2, 0.25) is 0 Å². The van der Waals surface area contributed by atoms with Crippen LogP contribution in [0, 0.1) is 11.8 Å². The molecule has 0 aromatic heterocycles. The van der Waals surface area contributed by atoms with Gasteiger partial charge in [0.15, 0.2) is 0 Å². The Labute approximate surface area is 158 Å². The number of carbonyl (C=O) groups is 2. The summed E-state index contributed by atoms with van der Waals surface area (Å²) < 4.78 is 11.7. The first-order valence-electron chi connectivity index (χ1n) is 9.58. The quantitative estimate of drug-likeness (QED) is 0.394. The second-order valence-corrected chi connectivity index (χ2v) is 11.9. The summed E-state index contributed by atoms with van der Waals surface area (Å²) in [6.45, 7) is 5.32. The zero-order valence-corrected chi connectivity index (χ0v) is 16.8. The van der Waals surface area contributed by atoms with Crippen molar-refractivity contribution in [3.63, 3.8) is 0 Å². The molecule has 0 spiro atoms. The molecule has 0 radical (unpaired) electrons. The number of fused-ring (bicyclic) bond motifs is 2. The monoisotopic (exact) mass is 384 g/mol. The number of carbonyl (C=O) groups excluding carboxylic acids is 2. The molecular weight excluding hydrogens is 356 g/mol. The molecule has 0 amide bonds. The topological polar surface area (TPSA) is 52.6 Å². The van der Waals surface area contributed by atoms with E-state index in [9.17, 15) is 9.59 Å². The van der Waals surface area contributed by atoms with Crippen LogP contribution in [0.1, 0.15) is 58.8 Å². The number of ether oxygens (including phenoxy) is 2. The number of hydrogen-bond donors (Lipinski definition) is 0. The minimum absolute atomic E-state index is 0.0572. The van der Waals surface area contributed by atoms with Crippen LogP contribution in [0.4, 0.5) is 0 Å². The summed E-state index contributed by atoms with van der Waals surface area (Å²) in [5, 5.41) is 1.31. The first kappa shape index (κ1) is 18.0.